The van der Waals surface area contributed by atoms with E-state index < -0.39 is 0 Å². The van der Waals surface area contributed by atoms with Crippen LogP contribution in [0.25, 0.3) is 11.3 Å². The first kappa shape index (κ1) is 22.9. The third-order valence-corrected chi connectivity index (χ3v) is 6.89. The third kappa shape index (κ3) is 5.13. The number of amides is 1. The second-order valence-corrected chi connectivity index (χ2v) is 9.49. The van der Waals surface area contributed by atoms with Crippen molar-refractivity contribution in [2.24, 2.45) is 0 Å². The lowest BCUT2D eigenvalue weighted by Crippen LogP contribution is -2.38. The number of piperidine rings is 1. The second-order valence-electron chi connectivity index (χ2n) is 9.06. The van der Waals surface area contributed by atoms with Gasteiger partial charge in [-0.1, -0.05) is 47.1 Å². The van der Waals surface area contributed by atoms with Gasteiger partial charge < -0.3 is 19.1 Å². The zero-order chi connectivity index (χ0) is 23.3. The Balaban J connectivity index is 1.51. The number of benzene rings is 2. The molecule has 2 saturated heterocycles. The minimum absolute atomic E-state index is 0.0368. The molecule has 34 heavy (non-hydrogen) atoms. The van der Waals surface area contributed by atoms with Crippen LogP contribution in [0.15, 0.2) is 59.1 Å². The first-order valence-electron chi connectivity index (χ1n) is 12.1. The number of carbonyl (C=O) groups excluding carboxylic acids is 1. The van der Waals surface area contributed by atoms with Crippen molar-refractivity contribution < 1.29 is 14.1 Å². The van der Waals surface area contributed by atoms with E-state index in [4.69, 9.17) is 20.9 Å². The largest absolute Gasteiger partial charge is 0.376 e. The molecule has 7 heteroatoms. The van der Waals surface area contributed by atoms with Crippen LogP contribution in [0.3, 0.4) is 0 Å². The van der Waals surface area contributed by atoms with E-state index in [1.165, 1.54) is 6.42 Å². The van der Waals surface area contributed by atoms with Gasteiger partial charge in [-0.3, -0.25) is 4.79 Å². The van der Waals surface area contributed by atoms with Crippen LogP contribution in [0.4, 0.5) is 5.88 Å². The number of hydrogen-bond donors (Lipinski definition) is 0. The molecule has 1 aromatic heterocycles. The van der Waals surface area contributed by atoms with Gasteiger partial charge in [-0.05, 0) is 56.4 Å². The summed E-state index contributed by atoms with van der Waals surface area (Å²) in [6.45, 7) is 3.55. The van der Waals surface area contributed by atoms with E-state index in [1.807, 2.05) is 35.2 Å². The number of anilines is 1. The summed E-state index contributed by atoms with van der Waals surface area (Å²) in [6, 6.07) is 17.1. The maximum Gasteiger partial charge on any atom is 0.254 e. The fraction of sp³-hybridized carbons (Fsp3) is 0.407. The van der Waals surface area contributed by atoms with Gasteiger partial charge in [-0.15, -0.1) is 0 Å². The van der Waals surface area contributed by atoms with Crippen molar-refractivity contribution >= 4 is 23.4 Å². The molecule has 3 aromatic rings. The Morgan fingerprint density at radius 3 is 2.50 bits per heavy atom. The number of rotatable bonds is 7. The molecular weight excluding hydrogens is 450 g/mol. The summed E-state index contributed by atoms with van der Waals surface area (Å²) in [6.07, 6.45) is 5.50. The van der Waals surface area contributed by atoms with Gasteiger partial charge in [-0.2, -0.15) is 0 Å². The Kier molecular flexibility index (Phi) is 7.16. The fourth-order valence-corrected chi connectivity index (χ4v) is 4.96. The van der Waals surface area contributed by atoms with Gasteiger partial charge in [0, 0.05) is 42.4 Å². The summed E-state index contributed by atoms with van der Waals surface area (Å²) < 4.78 is 11.9. The number of ether oxygens (including phenoxy) is 1. The molecule has 1 atom stereocenters. The first-order valence-corrected chi connectivity index (χ1v) is 12.5. The molecule has 0 spiro atoms. The minimum atomic E-state index is -0.0445. The molecule has 2 aromatic carbocycles. The van der Waals surface area contributed by atoms with Crippen molar-refractivity contribution in [3.8, 4) is 11.3 Å². The highest BCUT2D eigenvalue weighted by Gasteiger charge is 2.29. The molecule has 2 fully saturated rings. The van der Waals surface area contributed by atoms with E-state index in [-0.39, 0.29) is 12.0 Å². The summed E-state index contributed by atoms with van der Waals surface area (Å²) in [7, 11) is 0. The van der Waals surface area contributed by atoms with Crippen LogP contribution in [0.5, 0.6) is 0 Å². The number of hydrogen-bond acceptors (Lipinski definition) is 5. The number of carbonyl (C=O) groups is 1. The Morgan fingerprint density at radius 2 is 1.79 bits per heavy atom. The average molecular weight is 480 g/mol. The van der Waals surface area contributed by atoms with Crippen LogP contribution in [0, 0.1) is 0 Å². The molecule has 0 bridgehead atoms. The van der Waals surface area contributed by atoms with E-state index in [0.717, 1.165) is 68.1 Å². The highest BCUT2D eigenvalue weighted by Crippen LogP contribution is 2.34. The van der Waals surface area contributed by atoms with Gasteiger partial charge in [0.05, 0.1) is 18.2 Å². The standard InChI is InChI=1S/C27H30ClN3O3/c28-22-13-11-21(12-14-22)26(32)31(18-23-10-7-17-33-23)19-24-25(20-8-3-1-4-9-20)29-34-27(24)30-15-5-2-6-16-30/h1,3-4,8-9,11-14,23H,2,5-7,10,15-19H2. The van der Waals surface area contributed by atoms with Gasteiger partial charge in [0.15, 0.2) is 0 Å². The average Bonchev–Trinajstić information content (AvgIpc) is 3.55. The molecule has 0 N–H and O–H groups in total. The maximum atomic E-state index is 13.7. The summed E-state index contributed by atoms with van der Waals surface area (Å²) in [5.41, 5.74) is 3.34. The summed E-state index contributed by atoms with van der Waals surface area (Å²) in [5.74, 6) is 0.733. The van der Waals surface area contributed by atoms with Gasteiger partial charge in [0.25, 0.3) is 5.91 Å². The minimum Gasteiger partial charge on any atom is -0.376 e. The summed E-state index contributed by atoms with van der Waals surface area (Å²) in [5, 5.41) is 5.10. The highest BCUT2D eigenvalue weighted by atomic mass is 35.5. The zero-order valence-electron chi connectivity index (χ0n) is 19.3. The fourth-order valence-electron chi connectivity index (χ4n) is 4.83. The van der Waals surface area contributed by atoms with Crippen LogP contribution in [-0.4, -0.2) is 48.3 Å². The second kappa shape index (κ2) is 10.6. The maximum absolute atomic E-state index is 13.7. The predicted molar refractivity (Wildman–Crippen MR) is 133 cm³/mol. The molecule has 2 aliphatic heterocycles. The van der Waals surface area contributed by atoms with Gasteiger partial charge in [0.1, 0.15) is 5.69 Å². The predicted octanol–water partition coefficient (Wildman–Crippen LogP) is 5.81. The van der Waals surface area contributed by atoms with Crippen molar-refractivity contribution in [2.75, 3.05) is 31.1 Å². The van der Waals surface area contributed by atoms with Crippen molar-refractivity contribution in [3.05, 3.63) is 70.7 Å². The SMILES string of the molecule is O=C(c1ccc(Cl)cc1)N(Cc1c(-c2ccccc2)noc1N1CCCCC1)CC1CCCO1. The van der Waals surface area contributed by atoms with Gasteiger partial charge in [0.2, 0.25) is 5.88 Å². The van der Waals surface area contributed by atoms with E-state index >= 15 is 0 Å². The van der Waals surface area contributed by atoms with Crippen molar-refractivity contribution in [2.45, 2.75) is 44.8 Å². The van der Waals surface area contributed by atoms with Crippen LogP contribution in [-0.2, 0) is 11.3 Å². The lowest BCUT2D eigenvalue weighted by molar-refractivity contribution is 0.0507. The molecule has 1 amide bonds. The first-order chi connectivity index (χ1) is 16.7. The summed E-state index contributed by atoms with van der Waals surface area (Å²) >= 11 is 6.07. The number of nitrogens with zero attached hydrogens (tertiary/aromatic N) is 3. The molecule has 0 aliphatic carbocycles. The molecule has 1 unspecified atom stereocenters. The monoisotopic (exact) mass is 479 g/mol. The van der Waals surface area contributed by atoms with Crippen molar-refractivity contribution in [1.29, 1.82) is 0 Å². The smallest absolute Gasteiger partial charge is 0.254 e. The Labute approximate surface area is 205 Å². The summed E-state index contributed by atoms with van der Waals surface area (Å²) in [4.78, 5) is 17.8. The van der Waals surface area contributed by atoms with Crippen LogP contribution in [0.1, 0.15) is 48.0 Å². The number of halogens is 1. The lowest BCUT2D eigenvalue weighted by Gasteiger charge is -2.29. The van der Waals surface area contributed by atoms with Crippen LogP contribution in [0.2, 0.25) is 5.02 Å². The Morgan fingerprint density at radius 1 is 1.03 bits per heavy atom. The zero-order valence-corrected chi connectivity index (χ0v) is 20.0. The van der Waals surface area contributed by atoms with Gasteiger partial charge >= 0.3 is 0 Å². The molecule has 5 rings (SSSR count). The molecule has 6 nitrogen and oxygen atoms in total. The lowest BCUT2D eigenvalue weighted by atomic mass is 10.0. The van der Waals surface area contributed by atoms with Gasteiger partial charge in [-0.25, -0.2) is 0 Å². The molecule has 2 aliphatic rings. The number of aromatic nitrogens is 1. The van der Waals surface area contributed by atoms with E-state index in [1.54, 1.807) is 24.3 Å². The highest BCUT2D eigenvalue weighted by molar-refractivity contribution is 6.30. The van der Waals surface area contributed by atoms with E-state index in [2.05, 4.69) is 10.1 Å². The molecule has 3 heterocycles. The van der Waals surface area contributed by atoms with E-state index in [0.29, 0.717) is 23.7 Å². The van der Waals surface area contributed by atoms with E-state index in [9.17, 15) is 4.79 Å². The van der Waals surface area contributed by atoms with Crippen LogP contribution < -0.4 is 4.90 Å². The van der Waals surface area contributed by atoms with Crippen molar-refractivity contribution in [3.63, 3.8) is 0 Å². The molecule has 0 saturated carbocycles. The Bertz CT molecular complexity index is 1090. The third-order valence-electron chi connectivity index (χ3n) is 6.63. The molecule has 0 radical (unpaired) electrons. The van der Waals surface area contributed by atoms with Crippen molar-refractivity contribution in [1.82, 2.24) is 10.1 Å². The molecular formula is C27H30ClN3O3. The quantitative estimate of drug-likeness (QED) is 0.428. The normalized spacial score (nSPS) is 18.3. The topological polar surface area (TPSA) is 58.8 Å². The molecule has 178 valence electrons. The van der Waals surface area contributed by atoms with Crippen LogP contribution >= 0.6 is 11.6 Å². The Hall–Kier alpha value is -2.83.